The number of aromatic amines is 1. The number of halogens is 1. The molecular formula is C15H13ClN4O2S. The maximum absolute atomic E-state index is 12.8. The van der Waals surface area contributed by atoms with Crippen LogP contribution in [-0.2, 0) is 9.84 Å². The molecule has 0 aliphatic heterocycles. The van der Waals surface area contributed by atoms with Gasteiger partial charge >= 0.3 is 0 Å². The summed E-state index contributed by atoms with van der Waals surface area (Å²) in [4.78, 5) is 0.0610. The smallest absolute Gasteiger partial charge is 0.213 e. The quantitative estimate of drug-likeness (QED) is 0.672. The Balaban J connectivity index is 2.04. The largest absolute Gasteiger partial charge is 0.383 e. The van der Waals surface area contributed by atoms with Crippen molar-refractivity contribution >= 4 is 38.8 Å². The number of H-pyrrole nitrogens is 1. The molecule has 3 aromatic rings. The van der Waals surface area contributed by atoms with Crippen LogP contribution in [-0.4, -0.2) is 18.6 Å². The van der Waals surface area contributed by atoms with E-state index >= 15 is 0 Å². The molecule has 3 rings (SSSR count). The first kappa shape index (κ1) is 15.4. The molecule has 2 aromatic carbocycles. The lowest BCUT2D eigenvalue weighted by atomic mass is 10.3. The standard InChI is InChI=1S/C15H13ClN4O2S/c16-10-6-8-11(9-7-10)18-15-13(14(17)19-20-15)23(21,22)12-4-2-1-3-5-12/h1-9H,(H4,17,18,19,20). The van der Waals surface area contributed by atoms with Gasteiger partial charge in [-0.05, 0) is 36.4 Å². The van der Waals surface area contributed by atoms with E-state index in [1.165, 1.54) is 12.1 Å². The molecule has 0 amide bonds. The molecule has 0 spiro atoms. The number of sulfone groups is 1. The van der Waals surface area contributed by atoms with Crippen LogP contribution in [0.5, 0.6) is 0 Å². The Hall–Kier alpha value is -2.51. The zero-order valence-electron chi connectivity index (χ0n) is 11.8. The lowest BCUT2D eigenvalue weighted by Crippen LogP contribution is -2.06. The van der Waals surface area contributed by atoms with Crippen molar-refractivity contribution in [1.29, 1.82) is 0 Å². The van der Waals surface area contributed by atoms with Crippen LogP contribution in [0.15, 0.2) is 64.4 Å². The predicted octanol–water partition coefficient (Wildman–Crippen LogP) is 3.22. The number of rotatable bonds is 4. The highest BCUT2D eigenvalue weighted by Gasteiger charge is 2.27. The Kier molecular flexibility index (Phi) is 3.97. The van der Waals surface area contributed by atoms with Crippen LogP contribution in [0.3, 0.4) is 0 Å². The highest BCUT2D eigenvalue weighted by Crippen LogP contribution is 2.32. The number of nitrogens with zero attached hydrogens (tertiary/aromatic N) is 1. The normalized spacial score (nSPS) is 11.3. The Morgan fingerprint density at radius 3 is 2.35 bits per heavy atom. The minimum atomic E-state index is -3.79. The average Bonchev–Trinajstić information content (AvgIpc) is 2.92. The van der Waals surface area contributed by atoms with Gasteiger partial charge in [-0.3, -0.25) is 5.10 Å². The summed E-state index contributed by atoms with van der Waals surface area (Å²) >= 11 is 5.84. The van der Waals surface area contributed by atoms with E-state index in [0.29, 0.717) is 10.7 Å². The molecule has 0 aliphatic rings. The molecule has 118 valence electrons. The van der Waals surface area contributed by atoms with E-state index in [9.17, 15) is 8.42 Å². The Morgan fingerprint density at radius 2 is 1.70 bits per heavy atom. The van der Waals surface area contributed by atoms with Crippen LogP contribution < -0.4 is 11.1 Å². The third-order valence-electron chi connectivity index (χ3n) is 3.18. The van der Waals surface area contributed by atoms with Crippen molar-refractivity contribution in [2.45, 2.75) is 9.79 Å². The SMILES string of the molecule is Nc1[nH]nc(Nc2ccc(Cl)cc2)c1S(=O)(=O)c1ccccc1. The van der Waals surface area contributed by atoms with Crippen molar-refractivity contribution in [2.24, 2.45) is 0 Å². The van der Waals surface area contributed by atoms with E-state index in [1.807, 2.05) is 0 Å². The molecule has 0 saturated carbocycles. The zero-order chi connectivity index (χ0) is 16.4. The average molecular weight is 349 g/mol. The lowest BCUT2D eigenvalue weighted by molar-refractivity contribution is 0.597. The van der Waals surface area contributed by atoms with Crippen molar-refractivity contribution in [3.05, 3.63) is 59.6 Å². The van der Waals surface area contributed by atoms with Crippen LogP contribution >= 0.6 is 11.6 Å². The van der Waals surface area contributed by atoms with Gasteiger partial charge in [0.2, 0.25) is 9.84 Å². The number of hydrogen-bond donors (Lipinski definition) is 3. The van der Waals surface area contributed by atoms with E-state index < -0.39 is 9.84 Å². The number of nitrogen functional groups attached to an aromatic ring is 1. The fraction of sp³-hybridized carbons (Fsp3) is 0. The summed E-state index contributed by atoms with van der Waals surface area (Å²) < 4.78 is 25.6. The van der Waals surface area contributed by atoms with E-state index in [2.05, 4.69) is 15.5 Å². The first-order chi connectivity index (χ1) is 11.0. The second-order valence-corrected chi connectivity index (χ2v) is 7.09. The van der Waals surface area contributed by atoms with E-state index in [-0.39, 0.29) is 21.4 Å². The summed E-state index contributed by atoms with van der Waals surface area (Å²) in [5.74, 6) is 0.110. The fourth-order valence-electron chi connectivity index (χ4n) is 2.09. The minimum absolute atomic E-state index is 0.0229. The molecule has 6 nitrogen and oxygen atoms in total. The van der Waals surface area contributed by atoms with Crippen molar-refractivity contribution in [1.82, 2.24) is 10.2 Å². The molecule has 0 saturated heterocycles. The van der Waals surface area contributed by atoms with E-state index in [0.717, 1.165) is 0 Å². The number of hydrogen-bond acceptors (Lipinski definition) is 5. The Morgan fingerprint density at radius 1 is 1.04 bits per heavy atom. The number of aromatic nitrogens is 2. The van der Waals surface area contributed by atoms with Crippen LogP contribution in [0.1, 0.15) is 0 Å². The lowest BCUT2D eigenvalue weighted by Gasteiger charge is -2.08. The van der Waals surface area contributed by atoms with Gasteiger partial charge in [0.15, 0.2) is 10.7 Å². The first-order valence-electron chi connectivity index (χ1n) is 6.65. The van der Waals surface area contributed by atoms with Gasteiger partial charge in [-0.15, -0.1) is 0 Å². The van der Waals surface area contributed by atoms with Gasteiger partial charge < -0.3 is 11.1 Å². The van der Waals surface area contributed by atoms with Gasteiger partial charge in [0.25, 0.3) is 0 Å². The molecule has 23 heavy (non-hydrogen) atoms. The van der Waals surface area contributed by atoms with Gasteiger partial charge in [0, 0.05) is 10.7 Å². The van der Waals surface area contributed by atoms with Crippen LogP contribution in [0.2, 0.25) is 5.02 Å². The summed E-state index contributed by atoms with van der Waals surface area (Å²) in [6.45, 7) is 0. The fourth-order valence-corrected chi connectivity index (χ4v) is 3.65. The number of nitrogens with two attached hydrogens (primary N) is 1. The third-order valence-corrected chi connectivity index (χ3v) is 5.27. The molecule has 0 unspecified atom stereocenters. The summed E-state index contributed by atoms with van der Waals surface area (Å²) in [5, 5.41) is 9.97. The molecular weight excluding hydrogens is 336 g/mol. The molecule has 0 atom stereocenters. The maximum Gasteiger partial charge on any atom is 0.213 e. The Labute approximate surface area is 138 Å². The molecule has 1 aromatic heterocycles. The van der Waals surface area contributed by atoms with Gasteiger partial charge in [-0.25, -0.2) is 8.42 Å². The summed E-state index contributed by atoms with van der Waals surface area (Å²) in [6.07, 6.45) is 0. The van der Waals surface area contributed by atoms with E-state index in [4.69, 9.17) is 17.3 Å². The van der Waals surface area contributed by atoms with Crippen LogP contribution in [0, 0.1) is 0 Å². The highest BCUT2D eigenvalue weighted by molar-refractivity contribution is 7.91. The summed E-state index contributed by atoms with van der Waals surface area (Å²) in [7, 11) is -3.79. The van der Waals surface area contributed by atoms with Crippen LogP contribution in [0.25, 0.3) is 0 Å². The summed E-state index contributed by atoms with van der Waals surface area (Å²) in [5.41, 5.74) is 6.43. The van der Waals surface area contributed by atoms with Gasteiger partial charge in [0.1, 0.15) is 5.82 Å². The zero-order valence-corrected chi connectivity index (χ0v) is 13.4. The maximum atomic E-state index is 12.8. The first-order valence-corrected chi connectivity index (χ1v) is 8.51. The van der Waals surface area contributed by atoms with Gasteiger partial charge in [-0.2, -0.15) is 5.10 Å². The highest BCUT2D eigenvalue weighted by atomic mass is 35.5. The number of benzene rings is 2. The van der Waals surface area contributed by atoms with Gasteiger partial charge in [-0.1, -0.05) is 29.8 Å². The molecule has 1 heterocycles. The van der Waals surface area contributed by atoms with Crippen molar-refractivity contribution in [3.63, 3.8) is 0 Å². The summed E-state index contributed by atoms with van der Waals surface area (Å²) in [6, 6.07) is 14.9. The predicted molar refractivity (Wildman–Crippen MR) is 89.6 cm³/mol. The van der Waals surface area contributed by atoms with Crippen molar-refractivity contribution in [3.8, 4) is 0 Å². The molecule has 0 radical (unpaired) electrons. The molecule has 0 bridgehead atoms. The molecule has 8 heteroatoms. The molecule has 0 fully saturated rings. The van der Waals surface area contributed by atoms with E-state index in [1.54, 1.807) is 42.5 Å². The Bertz CT molecular complexity index is 922. The monoisotopic (exact) mass is 348 g/mol. The topological polar surface area (TPSA) is 101 Å². The third kappa shape index (κ3) is 3.01. The second kappa shape index (κ2) is 5.94. The minimum Gasteiger partial charge on any atom is -0.383 e. The second-order valence-electron chi connectivity index (χ2n) is 4.76. The van der Waals surface area contributed by atoms with Crippen LogP contribution in [0.4, 0.5) is 17.3 Å². The number of nitrogens with one attached hydrogen (secondary N) is 2. The van der Waals surface area contributed by atoms with Crippen molar-refractivity contribution < 1.29 is 8.42 Å². The van der Waals surface area contributed by atoms with Gasteiger partial charge in [0.05, 0.1) is 4.90 Å². The molecule has 4 N–H and O–H groups in total. The molecule has 0 aliphatic carbocycles. The number of anilines is 3. The van der Waals surface area contributed by atoms with Crippen molar-refractivity contribution in [2.75, 3.05) is 11.1 Å².